The minimum Gasteiger partial charge on any atom is -0.479 e. The molecule has 2 amide bonds. The normalized spacial score (nSPS) is 13.1. The number of hydrogen-bond donors (Lipinski definition) is 4. The van der Waals surface area contributed by atoms with Crippen LogP contribution in [0, 0.1) is 12.7 Å². The molecule has 0 saturated heterocycles. The third-order valence-electron chi connectivity index (χ3n) is 3.48. The van der Waals surface area contributed by atoms with Gasteiger partial charge >= 0.3 is 12.0 Å². The van der Waals surface area contributed by atoms with Gasteiger partial charge in [-0.15, -0.1) is 11.3 Å². The van der Waals surface area contributed by atoms with E-state index in [1.54, 1.807) is 25.1 Å². The van der Waals surface area contributed by atoms with Gasteiger partial charge in [-0.3, -0.25) is 5.32 Å². The molecular formula is C16H18FN3O4S. The first-order valence-corrected chi connectivity index (χ1v) is 8.21. The number of rotatable bonds is 6. The maximum absolute atomic E-state index is 13.7. The zero-order chi connectivity index (χ0) is 18.6. The fraction of sp³-hybridized carbons (Fsp3) is 0.312. The fourth-order valence-electron chi connectivity index (χ4n) is 1.93. The van der Waals surface area contributed by atoms with Gasteiger partial charge in [0.05, 0.1) is 12.2 Å². The summed E-state index contributed by atoms with van der Waals surface area (Å²) in [5.41, 5.74) is -0.865. The Balaban J connectivity index is 1.99. The van der Waals surface area contributed by atoms with Crippen molar-refractivity contribution < 1.29 is 24.2 Å². The zero-order valence-corrected chi connectivity index (χ0v) is 14.5. The summed E-state index contributed by atoms with van der Waals surface area (Å²) in [4.78, 5) is 27.6. The number of halogens is 1. The molecule has 25 heavy (non-hydrogen) atoms. The van der Waals surface area contributed by atoms with Crippen molar-refractivity contribution in [3.8, 4) is 0 Å². The Morgan fingerprint density at radius 3 is 2.68 bits per heavy atom. The Bertz CT molecular complexity index is 791. The summed E-state index contributed by atoms with van der Waals surface area (Å²) in [6, 6.07) is 5.74. The first kappa shape index (κ1) is 18.8. The first-order chi connectivity index (χ1) is 11.7. The summed E-state index contributed by atoms with van der Waals surface area (Å²) in [5, 5.41) is 23.4. The Morgan fingerprint density at radius 1 is 1.36 bits per heavy atom. The minimum atomic E-state index is -2.06. The molecule has 9 heteroatoms. The summed E-state index contributed by atoms with van der Waals surface area (Å²) in [6.45, 7) is 2.38. The first-order valence-electron chi connectivity index (χ1n) is 7.39. The van der Waals surface area contributed by atoms with Crippen LogP contribution in [0.5, 0.6) is 0 Å². The van der Waals surface area contributed by atoms with Gasteiger partial charge < -0.3 is 15.5 Å². The SMILES string of the molecule is Cc1nc(NC(=O)NCC(C)(O)C(=O)O)sc1Cc1ccccc1F. The molecule has 2 aromatic rings. The number of aryl methyl sites for hydroxylation is 1. The number of nitrogens with zero attached hydrogens (tertiary/aromatic N) is 1. The maximum Gasteiger partial charge on any atom is 0.337 e. The van der Waals surface area contributed by atoms with Gasteiger partial charge in [0, 0.05) is 11.3 Å². The number of amides is 2. The highest BCUT2D eigenvalue weighted by atomic mass is 32.1. The molecule has 1 atom stereocenters. The highest BCUT2D eigenvalue weighted by Gasteiger charge is 2.30. The van der Waals surface area contributed by atoms with E-state index in [-0.39, 0.29) is 5.82 Å². The number of thiazole rings is 1. The van der Waals surface area contributed by atoms with E-state index < -0.39 is 24.1 Å². The molecule has 134 valence electrons. The summed E-state index contributed by atoms with van der Waals surface area (Å²) in [5.74, 6) is -1.75. The number of carbonyl (C=O) groups is 2. The Hall–Kier alpha value is -2.52. The van der Waals surface area contributed by atoms with Crippen LogP contribution in [-0.2, 0) is 11.2 Å². The Kier molecular flexibility index (Phi) is 5.70. The molecular weight excluding hydrogens is 349 g/mol. The molecule has 2 rings (SSSR count). The molecule has 1 heterocycles. The maximum atomic E-state index is 13.7. The standard InChI is InChI=1S/C16H18FN3O4S/c1-9-12(7-10-5-3-4-6-11(10)17)25-15(19-9)20-14(23)18-8-16(2,24)13(21)22/h3-6,24H,7-8H2,1-2H3,(H,21,22)(H2,18,19,20,23). The van der Waals surface area contributed by atoms with Crippen LogP contribution in [0.2, 0.25) is 0 Å². The van der Waals surface area contributed by atoms with Crippen molar-refractivity contribution >= 4 is 28.5 Å². The van der Waals surface area contributed by atoms with Crippen LogP contribution in [0.25, 0.3) is 0 Å². The molecule has 0 saturated carbocycles. The van der Waals surface area contributed by atoms with Crippen molar-refractivity contribution in [1.29, 1.82) is 0 Å². The predicted octanol–water partition coefficient (Wildman–Crippen LogP) is 2.14. The minimum absolute atomic E-state index is 0.302. The van der Waals surface area contributed by atoms with E-state index in [4.69, 9.17) is 5.11 Å². The van der Waals surface area contributed by atoms with Crippen LogP contribution in [0.4, 0.5) is 14.3 Å². The van der Waals surface area contributed by atoms with Crippen molar-refractivity contribution in [3.05, 3.63) is 46.2 Å². The predicted molar refractivity (Wildman–Crippen MR) is 91.3 cm³/mol. The molecule has 0 fully saturated rings. The molecule has 0 aliphatic heterocycles. The second-order valence-electron chi connectivity index (χ2n) is 5.68. The molecule has 0 aliphatic rings. The van der Waals surface area contributed by atoms with Crippen LogP contribution in [0.15, 0.2) is 24.3 Å². The highest BCUT2D eigenvalue weighted by molar-refractivity contribution is 7.15. The average Bonchev–Trinajstić information content (AvgIpc) is 2.87. The molecule has 7 nitrogen and oxygen atoms in total. The summed E-state index contributed by atoms with van der Waals surface area (Å²) >= 11 is 1.20. The van der Waals surface area contributed by atoms with Gasteiger partial charge in [0.2, 0.25) is 0 Å². The number of carbonyl (C=O) groups excluding carboxylic acids is 1. The number of nitrogens with one attached hydrogen (secondary N) is 2. The topological polar surface area (TPSA) is 112 Å². The number of aliphatic hydroxyl groups is 1. The third-order valence-corrected chi connectivity index (χ3v) is 4.55. The molecule has 0 bridgehead atoms. The lowest BCUT2D eigenvalue weighted by Crippen LogP contribution is -2.47. The number of carboxylic acid groups (broad SMARTS) is 1. The summed E-state index contributed by atoms with van der Waals surface area (Å²) in [7, 11) is 0. The van der Waals surface area contributed by atoms with Gasteiger partial charge in [-0.2, -0.15) is 0 Å². The fourth-order valence-corrected chi connectivity index (χ4v) is 2.91. The molecule has 1 unspecified atom stereocenters. The van der Waals surface area contributed by atoms with Crippen LogP contribution in [0.3, 0.4) is 0 Å². The Labute approximate surface area is 147 Å². The van der Waals surface area contributed by atoms with Gasteiger partial charge in [-0.25, -0.2) is 19.0 Å². The van der Waals surface area contributed by atoms with Crippen LogP contribution in [0.1, 0.15) is 23.1 Å². The number of urea groups is 1. The number of benzene rings is 1. The molecule has 4 N–H and O–H groups in total. The number of hydrogen-bond acceptors (Lipinski definition) is 5. The van der Waals surface area contributed by atoms with Gasteiger partial charge in [0.15, 0.2) is 10.7 Å². The summed E-state index contributed by atoms with van der Waals surface area (Å²) < 4.78 is 13.7. The summed E-state index contributed by atoms with van der Waals surface area (Å²) in [6.07, 6.45) is 0.354. The Morgan fingerprint density at radius 2 is 2.04 bits per heavy atom. The van der Waals surface area contributed by atoms with Crippen molar-refractivity contribution in [2.45, 2.75) is 25.9 Å². The second kappa shape index (κ2) is 7.58. The van der Waals surface area contributed by atoms with E-state index >= 15 is 0 Å². The molecule has 1 aromatic carbocycles. The van der Waals surface area contributed by atoms with Gasteiger partial charge in [0.1, 0.15) is 5.82 Å². The van der Waals surface area contributed by atoms with Crippen molar-refractivity contribution in [2.24, 2.45) is 0 Å². The number of aromatic nitrogens is 1. The molecule has 0 aliphatic carbocycles. The van der Waals surface area contributed by atoms with Crippen LogP contribution in [-0.4, -0.2) is 39.3 Å². The second-order valence-corrected chi connectivity index (χ2v) is 6.77. The van der Waals surface area contributed by atoms with Crippen molar-refractivity contribution in [3.63, 3.8) is 0 Å². The monoisotopic (exact) mass is 367 g/mol. The van der Waals surface area contributed by atoms with Crippen molar-refractivity contribution in [1.82, 2.24) is 10.3 Å². The van der Waals surface area contributed by atoms with E-state index in [1.807, 2.05) is 0 Å². The molecule has 0 radical (unpaired) electrons. The van der Waals surface area contributed by atoms with Gasteiger partial charge in [0.25, 0.3) is 0 Å². The lowest BCUT2D eigenvalue weighted by Gasteiger charge is -2.18. The van der Waals surface area contributed by atoms with Gasteiger partial charge in [-0.1, -0.05) is 18.2 Å². The molecule has 0 spiro atoms. The quantitative estimate of drug-likeness (QED) is 0.625. The third kappa shape index (κ3) is 4.97. The van der Waals surface area contributed by atoms with Crippen LogP contribution < -0.4 is 10.6 Å². The largest absolute Gasteiger partial charge is 0.479 e. The lowest BCUT2D eigenvalue weighted by atomic mass is 10.1. The van der Waals surface area contributed by atoms with E-state index in [0.717, 1.165) is 11.8 Å². The lowest BCUT2D eigenvalue weighted by molar-refractivity contribution is -0.155. The molecule has 1 aromatic heterocycles. The van der Waals surface area contributed by atoms with Crippen LogP contribution >= 0.6 is 11.3 Å². The van der Waals surface area contributed by atoms with E-state index in [1.165, 1.54) is 17.4 Å². The highest BCUT2D eigenvalue weighted by Crippen LogP contribution is 2.26. The number of carboxylic acids is 1. The average molecular weight is 367 g/mol. The van der Waals surface area contributed by atoms with E-state index in [0.29, 0.717) is 22.8 Å². The zero-order valence-electron chi connectivity index (χ0n) is 13.7. The van der Waals surface area contributed by atoms with Gasteiger partial charge in [-0.05, 0) is 25.5 Å². The number of anilines is 1. The smallest absolute Gasteiger partial charge is 0.337 e. The van der Waals surface area contributed by atoms with E-state index in [9.17, 15) is 19.1 Å². The van der Waals surface area contributed by atoms with Crippen molar-refractivity contribution in [2.75, 3.05) is 11.9 Å². The van der Waals surface area contributed by atoms with E-state index in [2.05, 4.69) is 15.6 Å². The number of aliphatic carboxylic acids is 1.